The number of rotatable bonds is 3. The molecule has 3 N–H and O–H groups in total. The number of nitrogens with one attached hydrogen (secondary N) is 1. The number of nitrogen functional groups attached to an aromatic ring is 1. The summed E-state index contributed by atoms with van der Waals surface area (Å²) in [6.07, 6.45) is 4.89. The van der Waals surface area contributed by atoms with E-state index in [0.717, 1.165) is 0 Å². The number of pyridine rings is 1. The van der Waals surface area contributed by atoms with Gasteiger partial charge in [0, 0.05) is 6.07 Å². The van der Waals surface area contributed by atoms with E-state index in [1.807, 2.05) is 5.43 Å². The molecule has 0 fully saturated rings. The van der Waals surface area contributed by atoms with Gasteiger partial charge in [-0.1, -0.05) is 5.92 Å². The number of hydrogen-bond donors (Lipinski definition) is 2. The lowest BCUT2D eigenvalue weighted by atomic mass is 10.4. The number of aromatic nitrogens is 1. The molecule has 0 aliphatic carbocycles. The Morgan fingerprint density at radius 3 is 2.86 bits per heavy atom. The lowest BCUT2D eigenvalue weighted by Crippen LogP contribution is -2.12. The molecule has 6 heteroatoms. The van der Waals surface area contributed by atoms with Crippen LogP contribution >= 0.6 is 0 Å². The largest absolute Gasteiger partial charge is 0.462 e. The molecule has 0 unspecified atom stereocenters. The van der Waals surface area contributed by atoms with Gasteiger partial charge in [-0.25, -0.2) is 14.6 Å². The normalized spacial score (nSPS) is 9.29. The van der Waals surface area contributed by atoms with Gasteiger partial charge in [0.25, 0.3) is 5.88 Å². The molecule has 1 heterocycles. The second kappa shape index (κ2) is 4.39. The molecule has 0 amide bonds. The van der Waals surface area contributed by atoms with E-state index < -0.39 is 17.5 Å². The number of halogens is 2. The van der Waals surface area contributed by atoms with Crippen LogP contribution in [0.1, 0.15) is 0 Å². The third-order valence-corrected chi connectivity index (χ3v) is 1.33. The number of nitrogens with two attached hydrogens (primary N) is 1. The minimum Gasteiger partial charge on any atom is -0.462 e. The Balaban J connectivity index is 2.99. The molecule has 14 heavy (non-hydrogen) atoms. The molecule has 0 aliphatic rings. The van der Waals surface area contributed by atoms with Crippen LogP contribution in [0.15, 0.2) is 6.07 Å². The Labute approximate surface area is 79.0 Å². The Morgan fingerprint density at radius 1 is 1.57 bits per heavy atom. The van der Waals surface area contributed by atoms with Gasteiger partial charge in [-0.3, -0.25) is 0 Å². The first-order valence-corrected chi connectivity index (χ1v) is 3.58. The predicted molar refractivity (Wildman–Crippen MR) is 46.3 cm³/mol. The molecular formula is C8H7F2N3O. The Morgan fingerprint density at radius 2 is 2.29 bits per heavy atom. The lowest BCUT2D eigenvalue weighted by molar-refractivity contribution is 0.331. The SMILES string of the molecule is C#CCOc1nc(NN)c(F)cc1F. The summed E-state index contributed by atoms with van der Waals surface area (Å²) in [6.45, 7) is -0.153. The first-order chi connectivity index (χ1) is 6.69. The van der Waals surface area contributed by atoms with Gasteiger partial charge in [0.15, 0.2) is 24.1 Å². The number of hydrazine groups is 1. The maximum Gasteiger partial charge on any atom is 0.253 e. The van der Waals surface area contributed by atoms with Crippen molar-refractivity contribution >= 4 is 5.82 Å². The van der Waals surface area contributed by atoms with Crippen LogP contribution in [0.4, 0.5) is 14.6 Å². The first-order valence-electron chi connectivity index (χ1n) is 3.58. The summed E-state index contributed by atoms with van der Waals surface area (Å²) < 4.78 is 30.4. The van der Waals surface area contributed by atoms with Gasteiger partial charge in [-0.2, -0.15) is 4.98 Å². The van der Waals surface area contributed by atoms with Gasteiger partial charge in [0.05, 0.1) is 0 Å². The molecule has 0 bridgehead atoms. The zero-order chi connectivity index (χ0) is 10.6. The number of anilines is 1. The maximum atomic E-state index is 12.9. The number of nitrogens with zero attached hydrogens (tertiary/aromatic N) is 1. The van der Waals surface area contributed by atoms with Crippen LogP contribution in [-0.4, -0.2) is 11.6 Å². The third kappa shape index (κ3) is 2.08. The van der Waals surface area contributed by atoms with E-state index in [1.165, 1.54) is 0 Å². The Hall–Kier alpha value is -1.87. The summed E-state index contributed by atoms with van der Waals surface area (Å²) in [5.41, 5.74) is 1.95. The standard InChI is InChI=1S/C8H7F2N3O/c1-2-3-14-8-6(10)4-5(9)7(12-8)13-11/h1,4H,3,11H2,(H,12,13). The summed E-state index contributed by atoms with van der Waals surface area (Å²) in [5, 5.41) is 0. The van der Waals surface area contributed by atoms with E-state index in [2.05, 4.69) is 10.9 Å². The fourth-order valence-electron chi connectivity index (χ4n) is 0.762. The number of hydrogen-bond acceptors (Lipinski definition) is 4. The minimum absolute atomic E-state index is 0.153. The Bertz CT molecular complexity index is 376. The zero-order valence-electron chi connectivity index (χ0n) is 7.05. The topological polar surface area (TPSA) is 60.2 Å². The van der Waals surface area contributed by atoms with Gasteiger partial charge in [0.2, 0.25) is 0 Å². The summed E-state index contributed by atoms with van der Waals surface area (Å²) in [6, 6.07) is 0.605. The van der Waals surface area contributed by atoms with Crippen molar-refractivity contribution < 1.29 is 13.5 Å². The van der Waals surface area contributed by atoms with Crippen molar-refractivity contribution in [1.82, 2.24) is 4.98 Å². The van der Waals surface area contributed by atoms with Crippen LogP contribution in [0.25, 0.3) is 0 Å². The van der Waals surface area contributed by atoms with E-state index in [1.54, 1.807) is 0 Å². The van der Waals surface area contributed by atoms with E-state index in [4.69, 9.17) is 17.0 Å². The fraction of sp³-hybridized carbons (Fsp3) is 0.125. The van der Waals surface area contributed by atoms with E-state index >= 15 is 0 Å². The highest BCUT2D eigenvalue weighted by Crippen LogP contribution is 2.19. The molecule has 0 atom stereocenters. The van der Waals surface area contributed by atoms with Crippen molar-refractivity contribution in [3.63, 3.8) is 0 Å². The summed E-state index contributed by atoms with van der Waals surface area (Å²) in [4.78, 5) is 3.42. The van der Waals surface area contributed by atoms with Crippen molar-refractivity contribution in [3.05, 3.63) is 17.7 Å². The van der Waals surface area contributed by atoms with Gasteiger partial charge >= 0.3 is 0 Å². The number of ether oxygens (including phenoxy) is 1. The van der Waals surface area contributed by atoms with Gasteiger partial charge in [-0.15, -0.1) is 6.42 Å². The predicted octanol–water partition coefficient (Wildman–Crippen LogP) is 0.657. The smallest absolute Gasteiger partial charge is 0.253 e. The molecule has 74 valence electrons. The van der Waals surface area contributed by atoms with E-state index in [0.29, 0.717) is 6.07 Å². The van der Waals surface area contributed by atoms with Crippen molar-refractivity contribution in [1.29, 1.82) is 0 Å². The van der Waals surface area contributed by atoms with Crippen LogP contribution in [0.5, 0.6) is 5.88 Å². The summed E-state index contributed by atoms with van der Waals surface area (Å²) in [7, 11) is 0. The fourth-order valence-corrected chi connectivity index (χ4v) is 0.762. The molecule has 1 rings (SSSR count). The highest BCUT2D eigenvalue weighted by molar-refractivity contribution is 5.38. The molecule has 0 saturated carbocycles. The highest BCUT2D eigenvalue weighted by atomic mass is 19.1. The van der Waals surface area contributed by atoms with Crippen LogP contribution in [0.2, 0.25) is 0 Å². The van der Waals surface area contributed by atoms with Crippen molar-refractivity contribution in [2.24, 2.45) is 5.84 Å². The molecule has 0 spiro atoms. The molecule has 1 aromatic rings. The van der Waals surface area contributed by atoms with Crippen molar-refractivity contribution in [2.45, 2.75) is 0 Å². The first kappa shape index (κ1) is 10.2. The van der Waals surface area contributed by atoms with E-state index in [9.17, 15) is 8.78 Å². The highest BCUT2D eigenvalue weighted by Gasteiger charge is 2.11. The van der Waals surface area contributed by atoms with E-state index in [-0.39, 0.29) is 12.4 Å². The lowest BCUT2D eigenvalue weighted by Gasteiger charge is -2.05. The van der Waals surface area contributed by atoms with Crippen LogP contribution < -0.4 is 16.0 Å². The maximum absolute atomic E-state index is 12.9. The summed E-state index contributed by atoms with van der Waals surface area (Å²) in [5.74, 6) is 4.51. The second-order valence-corrected chi connectivity index (χ2v) is 2.24. The van der Waals surface area contributed by atoms with Gasteiger partial charge < -0.3 is 10.2 Å². The van der Waals surface area contributed by atoms with Crippen LogP contribution in [-0.2, 0) is 0 Å². The quantitative estimate of drug-likeness (QED) is 0.426. The second-order valence-electron chi connectivity index (χ2n) is 2.24. The molecular weight excluding hydrogens is 192 g/mol. The average molecular weight is 199 g/mol. The van der Waals surface area contributed by atoms with Gasteiger partial charge in [0.1, 0.15) is 0 Å². The van der Waals surface area contributed by atoms with Crippen LogP contribution in [0.3, 0.4) is 0 Å². The average Bonchev–Trinajstić information content (AvgIpc) is 2.17. The Kier molecular flexibility index (Phi) is 3.20. The van der Waals surface area contributed by atoms with Crippen molar-refractivity contribution in [2.75, 3.05) is 12.0 Å². The molecule has 4 nitrogen and oxygen atoms in total. The van der Waals surface area contributed by atoms with Crippen molar-refractivity contribution in [3.8, 4) is 18.2 Å². The molecule has 0 saturated heterocycles. The molecule has 0 aromatic carbocycles. The molecule has 1 aromatic heterocycles. The van der Waals surface area contributed by atoms with Crippen LogP contribution in [0, 0.1) is 24.0 Å². The zero-order valence-corrected chi connectivity index (χ0v) is 7.05. The number of terminal acetylenes is 1. The third-order valence-electron chi connectivity index (χ3n) is 1.33. The molecule has 0 radical (unpaired) electrons. The summed E-state index contributed by atoms with van der Waals surface area (Å²) >= 11 is 0. The monoisotopic (exact) mass is 199 g/mol. The minimum atomic E-state index is -0.934. The van der Waals surface area contributed by atoms with Gasteiger partial charge in [-0.05, 0) is 0 Å². The molecule has 0 aliphatic heterocycles.